The van der Waals surface area contributed by atoms with E-state index in [9.17, 15) is 0 Å². The first-order valence-corrected chi connectivity index (χ1v) is 8.69. The molecule has 0 radical (unpaired) electrons. The van der Waals surface area contributed by atoms with Gasteiger partial charge in [0.05, 0.1) is 13.2 Å². The highest BCUT2D eigenvalue weighted by Gasteiger charge is 2.19. The Bertz CT molecular complexity index is 706. The van der Waals surface area contributed by atoms with E-state index < -0.39 is 0 Å². The molecule has 3 rings (SSSR count). The summed E-state index contributed by atoms with van der Waals surface area (Å²) in [6.07, 6.45) is 0. The van der Waals surface area contributed by atoms with Crippen molar-refractivity contribution in [3.8, 4) is 5.75 Å². The molecular formula is C15H14BrNOS2. The van der Waals surface area contributed by atoms with Gasteiger partial charge in [-0.05, 0) is 42.8 Å². The molecule has 1 unspecified atom stereocenters. The summed E-state index contributed by atoms with van der Waals surface area (Å²) in [6.45, 7) is 0. The predicted octanol–water partition coefficient (Wildman–Crippen LogP) is 5.04. The molecule has 2 nitrogen and oxygen atoms in total. The highest BCUT2D eigenvalue weighted by Crippen LogP contribution is 2.39. The smallest absolute Gasteiger partial charge is 0.124 e. The highest BCUT2D eigenvalue weighted by atomic mass is 79.9. The van der Waals surface area contributed by atoms with Crippen molar-refractivity contribution < 1.29 is 4.74 Å². The molecule has 20 heavy (non-hydrogen) atoms. The van der Waals surface area contributed by atoms with Gasteiger partial charge in [-0.15, -0.1) is 22.7 Å². The molecule has 1 aromatic carbocycles. The van der Waals surface area contributed by atoms with Gasteiger partial charge in [-0.25, -0.2) is 0 Å². The molecule has 104 valence electrons. The summed E-state index contributed by atoms with van der Waals surface area (Å²) >= 11 is 7.16. The maximum Gasteiger partial charge on any atom is 0.124 e. The van der Waals surface area contributed by atoms with Gasteiger partial charge in [0.2, 0.25) is 0 Å². The molecule has 2 aromatic heterocycles. The van der Waals surface area contributed by atoms with Crippen LogP contribution in [0, 0.1) is 0 Å². The Morgan fingerprint density at radius 3 is 2.75 bits per heavy atom. The largest absolute Gasteiger partial charge is 0.496 e. The van der Waals surface area contributed by atoms with Gasteiger partial charge in [-0.3, -0.25) is 0 Å². The average Bonchev–Trinajstić information content (AvgIpc) is 3.01. The Balaban J connectivity index is 2.09. The van der Waals surface area contributed by atoms with Gasteiger partial charge >= 0.3 is 0 Å². The molecule has 1 atom stereocenters. The summed E-state index contributed by atoms with van der Waals surface area (Å²) in [5, 5.41) is 5.54. The van der Waals surface area contributed by atoms with Gasteiger partial charge in [0.15, 0.2) is 0 Å². The minimum Gasteiger partial charge on any atom is -0.496 e. The maximum atomic E-state index is 5.51. The van der Waals surface area contributed by atoms with Crippen LogP contribution < -0.4 is 10.1 Å². The summed E-state index contributed by atoms with van der Waals surface area (Å²) < 4.78 is 9.26. The molecular weight excluding hydrogens is 354 g/mol. The standard InChI is InChI=1S/C15H14BrNOS2/c1-17-15(10-7-9(16)3-4-11(10)18-2)14-8-13-12(20-14)5-6-19-13/h3-8,15,17H,1-2H3. The zero-order valence-corrected chi connectivity index (χ0v) is 14.4. The van der Waals surface area contributed by atoms with Crippen LogP contribution >= 0.6 is 38.6 Å². The minimum atomic E-state index is 0.145. The van der Waals surface area contributed by atoms with Crippen molar-refractivity contribution >= 4 is 48.0 Å². The van der Waals surface area contributed by atoms with Crippen LogP contribution in [0.3, 0.4) is 0 Å². The first kappa shape index (κ1) is 14.1. The third-order valence-corrected chi connectivity index (χ3v) is 5.89. The van der Waals surface area contributed by atoms with E-state index in [1.807, 2.05) is 30.5 Å². The maximum absolute atomic E-state index is 5.51. The molecule has 0 saturated heterocycles. The molecule has 1 N–H and O–H groups in total. The quantitative estimate of drug-likeness (QED) is 0.696. The highest BCUT2D eigenvalue weighted by molar-refractivity contribution is 9.10. The number of rotatable bonds is 4. The molecule has 2 heterocycles. The van der Waals surface area contributed by atoms with Crippen LogP contribution in [0.5, 0.6) is 5.75 Å². The van der Waals surface area contributed by atoms with E-state index in [-0.39, 0.29) is 6.04 Å². The molecule has 0 saturated carbocycles. The van der Waals surface area contributed by atoms with E-state index in [0.717, 1.165) is 15.8 Å². The van der Waals surface area contributed by atoms with Crippen molar-refractivity contribution in [2.75, 3.05) is 14.2 Å². The number of benzene rings is 1. The molecule has 0 bridgehead atoms. The van der Waals surface area contributed by atoms with Crippen LogP contribution in [0.15, 0.2) is 40.2 Å². The van der Waals surface area contributed by atoms with E-state index in [1.165, 1.54) is 14.3 Å². The molecule has 5 heteroatoms. The zero-order valence-electron chi connectivity index (χ0n) is 11.1. The monoisotopic (exact) mass is 367 g/mol. The van der Waals surface area contributed by atoms with Gasteiger partial charge in [-0.2, -0.15) is 0 Å². The lowest BCUT2D eigenvalue weighted by molar-refractivity contribution is 0.405. The number of hydrogen-bond donors (Lipinski definition) is 1. The van der Waals surface area contributed by atoms with E-state index in [4.69, 9.17) is 4.74 Å². The first-order chi connectivity index (χ1) is 9.72. The fraction of sp³-hybridized carbons (Fsp3) is 0.200. The van der Waals surface area contributed by atoms with Crippen LogP contribution in [0.1, 0.15) is 16.5 Å². The van der Waals surface area contributed by atoms with Crippen LogP contribution in [-0.2, 0) is 0 Å². The molecule has 0 aliphatic carbocycles. The summed E-state index contributed by atoms with van der Waals surface area (Å²) in [5.41, 5.74) is 1.15. The number of halogens is 1. The summed E-state index contributed by atoms with van der Waals surface area (Å²) in [7, 11) is 3.70. The second-order valence-electron chi connectivity index (χ2n) is 4.41. The van der Waals surface area contributed by atoms with Gasteiger partial charge < -0.3 is 10.1 Å². The van der Waals surface area contributed by atoms with Crippen LogP contribution in [0.25, 0.3) is 9.40 Å². The van der Waals surface area contributed by atoms with E-state index >= 15 is 0 Å². The van der Waals surface area contributed by atoms with Gasteiger partial charge in [0, 0.05) is 24.3 Å². The zero-order chi connectivity index (χ0) is 14.1. The Morgan fingerprint density at radius 2 is 2.05 bits per heavy atom. The van der Waals surface area contributed by atoms with Crippen molar-refractivity contribution in [3.05, 3.63) is 50.6 Å². The number of fused-ring (bicyclic) bond motifs is 1. The Morgan fingerprint density at radius 1 is 1.20 bits per heavy atom. The summed E-state index contributed by atoms with van der Waals surface area (Å²) in [6, 6.07) is 10.7. The van der Waals surface area contributed by atoms with Crippen LogP contribution in [-0.4, -0.2) is 14.2 Å². The van der Waals surface area contributed by atoms with Crippen LogP contribution in [0.4, 0.5) is 0 Å². The molecule has 0 fully saturated rings. The lowest BCUT2D eigenvalue weighted by Crippen LogP contribution is -2.17. The molecule has 0 aliphatic rings. The lowest BCUT2D eigenvalue weighted by atomic mass is 10.0. The number of hydrogen-bond acceptors (Lipinski definition) is 4. The van der Waals surface area contributed by atoms with E-state index in [0.29, 0.717) is 0 Å². The summed E-state index contributed by atoms with van der Waals surface area (Å²) in [4.78, 5) is 1.31. The van der Waals surface area contributed by atoms with E-state index in [2.05, 4.69) is 44.8 Å². The molecule has 0 spiro atoms. The van der Waals surface area contributed by atoms with E-state index in [1.54, 1.807) is 18.4 Å². The number of methoxy groups -OCH3 is 1. The number of thiophene rings is 2. The van der Waals surface area contributed by atoms with Gasteiger partial charge in [0.25, 0.3) is 0 Å². The molecule has 3 aromatic rings. The van der Waals surface area contributed by atoms with Gasteiger partial charge in [-0.1, -0.05) is 15.9 Å². The fourth-order valence-electron chi connectivity index (χ4n) is 2.31. The Hall–Kier alpha value is -0.880. The Kier molecular flexibility index (Phi) is 4.12. The lowest BCUT2D eigenvalue weighted by Gasteiger charge is -2.18. The SMILES string of the molecule is CNC(c1cc2sccc2s1)c1cc(Br)ccc1OC. The van der Waals surface area contributed by atoms with Gasteiger partial charge in [0.1, 0.15) is 5.75 Å². The predicted molar refractivity (Wildman–Crippen MR) is 91.3 cm³/mol. The first-order valence-electron chi connectivity index (χ1n) is 6.20. The third kappa shape index (κ3) is 2.51. The topological polar surface area (TPSA) is 21.3 Å². The summed E-state index contributed by atoms with van der Waals surface area (Å²) in [5.74, 6) is 0.907. The normalized spacial score (nSPS) is 12.8. The van der Waals surface area contributed by atoms with Crippen molar-refractivity contribution in [2.24, 2.45) is 0 Å². The Labute approximate surface area is 134 Å². The van der Waals surface area contributed by atoms with Crippen molar-refractivity contribution in [1.29, 1.82) is 0 Å². The van der Waals surface area contributed by atoms with Crippen molar-refractivity contribution in [2.45, 2.75) is 6.04 Å². The fourth-order valence-corrected chi connectivity index (χ4v) is 4.94. The molecule has 0 amide bonds. The average molecular weight is 368 g/mol. The van der Waals surface area contributed by atoms with Crippen molar-refractivity contribution in [3.63, 3.8) is 0 Å². The second-order valence-corrected chi connectivity index (χ2v) is 7.38. The molecule has 0 aliphatic heterocycles. The number of nitrogens with one attached hydrogen (secondary N) is 1. The third-order valence-electron chi connectivity index (χ3n) is 3.23. The minimum absolute atomic E-state index is 0.145. The number of ether oxygens (including phenoxy) is 1. The second kappa shape index (κ2) is 5.85. The van der Waals surface area contributed by atoms with Crippen LogP contribution in [0.2, 0.25) is 0 Å². The van der Waals surface area contributed by atoms with Crippen molar-refractivity contribution in [1.82, 2.24) is 5.32 Å².